The van der Waals surface area contributed by atoms with Gasteiger partial charge in [-0.05, 0) is 30.0 Å². The second-order valence-corrected chi connectivity index (χ2v) is 8.11. The fraction of sp³-hybridized carbons (Fsp3) is 0.375. The number of rotatable bonds is 8. The Balaban J connectivity index is 1.93. The van der Waals surface area contributed by atoms with E-state index in [1.54, 1.807) is 18.2 Å². The molecule has 0 saturated carbocycles. The summed E-state index contributed by atoms with van der Waals surface area (Å²) in [6.07, 6.45) is -0.971. The van der Waals surface area contributed by atoms with Crippen LogP contribution >= 0.6 is 0 Å². The van der Waals surface area contributed by atoms with Gasteiger partial charge in [-0.2, -0.15) is 0 Å². The van der Waals surface area contributed by atoms with Crippen molar-refractivity contribution in [1.82, 2.24) is 5.32 Å². The van der Waals surface area contributed by atoms with E-state index < -0.39 is 18.0 Å². The van der Waals surface area contributed by atoms with Crippen molar-refractivity contribution in [2.75, 3.05) is 20.8 Å². The number of methoxy groups -OCH3 is 2. The highest BCUT2D eigenvalue weighted by atomic mass is 16.5. The molecular weight excluding hydrogens is 398 g/mol. The van der Waals surface area contributed by atoms with Gasteiger partial charge in [0, 0.05) is 17.2 Å². The number of hydrogen-bond donors (Lipinski definition) is 1. The smallest absolute Gasteiger partial charge is 0.326 e. The van der Waals surface area contributed by atoms with Gasteiger partial charge in [0.25, 0.3) is 5.91 Å². The van der Waals surface area contributed by atoms with Crippen molar-refractivity contribution in [3.05, 3.63) is 59.2 Å². The number of esters is 1. The van der Waals surface area contributed by atoms with Crippen molar-refractivity contribution < 1.29 is 28.6 Å². The normalized spacial score (nSPS) is 11.9. The summed E-state index contributed by atoms with van der Waals surface area (Å²) in [4.78, 5) is 37.0. The number of ether oxygens (including phenoxy) is 3. The van der Waals surface area contributed by atoms with Gasteiger partial charge >= 0.3 is 5.97 Å². The number of carbonyl (C=O) groups is 3. The Morgan fingerprint density at radius 1 is 0.903 bits per heavy atom. The van der Waals surface area contributed by atoms with Crippen LogP contribution in [0, 0.1) is 0 Å². The summed E-state index contributed by atoms with van der Waals surface area (Å²) < 4.78 is 15.4. The van der Waals surface area contributed by atoms with Crippen molar-refractivity contribution >= 4 is 17.7 Å². The minimum atomic E-state index is -0.971. The standard InChI is InChI=1S/C24H29NO6/c1-15(22(27)16-7-9-18(10-8-16)24(2,3)4)31-21(26)14-25-23(28)17-11-19(29-5)13-20(12-17)30-6/h7-13,15H,14H2,1-6H3,(H,25,28)/t15-/m1/s1. The van der Waals surface area contributed by atoms with E-state index in [2.05, 4.69) is 26.1 Å². The lowest BCUT2D eigenvalue weighted by Crippen LogP contribution is -2.34. The summed E-state index contributed by atoms with van der Waals surface area (Å²) in [5.74, 6) is -0.619. The highest BCUT2D eigenvalue weighted by Crippen LogP contribution is 2.23. The minimum Gasteiger partial charge on any atom is -0.497 e. The second-order valence-electron chi connectivity index (χ2n) is 8.11. The van der Waals surface area contributed by atoms with Gasteiger partial charge in [0.15, 0.2) is 6.10 Å². The van der Waals surface area contributed by atoms with E-state index in [1.165, 1.54) is 33.3 Å². The summed E-state index contributed by atoms with van der Waals surface area (Å²) in [5, 5.41) is 2.47. The van der Waals surface area contributed by atoms with E-state index >= 15 is 0 Å². The van der Waals surface area contributed by atoms with Gasteiger partial charge in [-0.25, -0.2) is 0 Å². The maximum Gasteiger partial charge on any atom is 0.326 e. The first-order valence-electron chi connectivity index (χ1n) is 9.90. The van der Waals surface area contributed by atoms with Crippen LogP contribution in [0.4, 0.5) is 0 Å². The summed E-state index contributed by atoms with van der Waals surface area (Å²) in [5.41, 5.74) is 1.81. The van der Waals surface area contributed by atoms with E-state index in [-0.39, 0.29) is 23.3 Å². The number of hydrogen-bond acceptors (Lipinski definition) is 6. The molecule has 0 fully saturated rings. The number of benzene rings is 2. The highest BCUT2D eigenvalue weighted by molar-refractivity contribution is 6.00. The zero-order valence-corrected chi connectivity index (χ0v) is 18.8. The van der Waals surface area contributed by atoms with E-state index in [1.807, 2.05) is 12.1 Å². The Kier molecular flexibility index (Phi) is 7.80. The zero-order valence-electron chi connectivity index (χ0n) is 18.8. The van der Waals surface area contributed by atoms with Crippen LogP contribution in [0.1, 0.15) is 54.0 Å². The maximum absolute atomic E-state index is 12.5. The molecule has 0 spiro atoms. The van der Waals surface area contributed by atoms with Gasteiger partial charge in [0.2, 0.25) is 5.78 Å². The molecule has 1 N–H and O–H groups in total. The monoisotopic (exact) mass is 427 g/mol. The van der Waals surface area contributed by atoms with E-state index in [4.69, 9.17) is 14.2 Å². The van der Waals surface area contributed by atoms with Crippen molar-refractivity contribution in [3.63, 3.8) is 0 Å². The van der Waals surface area contributed by atoms with Gasteiger partial charge in [-0.3, -0.25) is 14.4 Å². The predicted molar refractivity (Wildman–Crippen MR) is 117 cm³/mol. The van der Waals surface area contributed by atoms with Gasteiger partial charge < -0.3 is 19.5 Å². The number of ketones is 1. The Hall–Kier alpha value is -3.35. The third-order valence-electron chi connectivity index (χ3n) is 4.72. The molecule has 166 valence electrons. The molecular formula is C24H29NO6. The summed E-state index contributed by atoms with van der Waals surface area (Å²) >= 11 is 0. The van der Waals surface area contributed by atoms with Crippen LogP contribution in [0.3, 0.4) is 0 Å². The van der Waals surface area contributed by atoms with Crippen LogP contribution in [0.2, 0.25) is 0 Å². The van der Waals surface area contributed by atoms with Gasteiger partial charge in [-0.1, -0.05) is 45.0 Å². The van der Waals surface area contributed by atoms with Crippen LogP contribution in [0.25, 0.3) is 0 Å². The maximum atomic E-state index is 12.5. The molecule has 2 aromatic rings. The highest BCUT2D eigenvalue weighted by Gasteiger charge is 2.21. The Morgan fingerprint density at radius 2 is 1.45 bits per heavy atom. The van der Waals surface area contributed by atoms with Crippen LogP contribution in [0.15, 0.2) is 42.5 Å². The molecule has 0 unspecified atom stereocenters. The molecule has 0 radical (unpaired) electrons. The lowest BCUT2D eigenvalue weighted by atomic mass is 9.86. The number of amides is 1. The first-order valence-corrected chi connectivity index (χ1v) is 9.90. The van der Waals surface area contributed by atoms with E-state index in [0.717, 1.165) is 5.56 Å². The zero-order chi connectivity index (χ0) is 23.2. The average molecular weight is 427 g/mol. The molecule has 1 atom stereocenters. The lowest BCUT2D eigenvalue weighted by Gasteiger charge is -2.19. The Morgan fingerprint density at radius 3 is 1.94 bits per heavy atom. The molecule has 0 saturated heterocycles. The first kappa shape index (κ1) is 23.9. The molecule has 2 rings (SSSR count). The minimum absolute atomic E-state index is 0.0232. The molecule has 1 amide bonds. The summed E-state index contributed by atoms with van der Waals surface area (Å²) in [6, 6.07) is 11.9. The summed E-state index contributed by atoms with van der Waals surface area (Å²) in [6.45, 7) is 7.39. The van der Waals surface area contributed by atoms with Crippen molar-refractivity contribution in [2.45, 2.75) is 39.2 Å². The molecule has 2 aromatic carbocycles. The molecule has 0 aromatic heterocycles. The summed E-state index contributed by atoms with van der Waals surface area (Å²) in [7, 11) is 2.95. The third-order valence-corrected chi connectivity index (χ3v) is 4.72. The molecule has 0 aliphatic carbocycles. The lowest BCUT2D eigenvalue weighted by molar-refractivity contribution is -0.145. The molecule has 7 heteroatoms. The Bertz CT molecular complexity index is 921. The van der Waals surface area contributed by atoms with E-state index in [0.29, 0.717) is 17.1 Å². The van der Waals surface area contributed by atoms with Crippen LogP contribution in [-0.2, 0) is 14.9 Å². The SMILES string of the molecule is COc1cc(OC)cc(C(=O)NCC(=O)O[C@H](C)C(=O)c2ccc(C(C)(C)C)cc2)c1. The Labute approximate surface area is 182 Å². The topological polar surface area (TPSA) is 90.9 Å². The van der Waals surface area contributed by atoms with Gasteiger partial charge in [-0.15, -0.1) is 0 Å². The molecule has 0 aliphatic heterocycles. The van der Waals surface area contributed by atoms with Crippen molar-refractivity contribution in [1.29, 1.82) is 0 Å². The number of carbonyl (C=O) groups excluding carboxylic acids is 3. The number of nitrogens with one attached hydrogen (secondary N) is 1. The van der Waals surface area contributed by atoms with Gasteiger partial charge in [0.05, 0.1) is 14.2 Å². The van der Waals surface area contributed by atoms with Crippen LogP contribution in [0.5, 0.6) is 11.5 Å². The number of Topliss-reactive ketones (excluding diaryl/α,β-unsaturated/α-hetero) is 1. The van der Waals surface area contributed by atoms with Gasteiger partial charge in [0.1, 0.15) is 18.0 Å². The third kappa shape index (κ3) is 6.57. The van der Waals surface area contributed by atoms with Crippen LogP contribution < -0.4 is 14.8 Å². The van der Waals surface area contributed by atoms with Crippen LogP contribution in [-0.4, -0.2) is 44.5 Å². The first-order chi connectivity index (χ1) is 14.5. The average Bonchev–Trinajstić information content (AvgIpc) is 2.75. The van der Waals surface area contributed by atoms with Crippen molar-refractivity contribution in [2.24, 2.45) is 0 Å². The second kappa shape index (κ2) is 10.1. The molecule has 0 bridgehead atoms. The van der Waals surface area contributed by atoms with E-state index in [9.17, 15) is 14.4 Å². The largest absolute Gasteiger partial charge is 0.497 e. The molecule has 0 aliphatic rings. The fourth-order valence-electron chi connectivity index (χ4n) is 2.85. The molecule has 31 heavy (non-hydrogen) atoms. The molecule has 7 nitrogen and oxygen atoms in total. The fourth-order valence-corrected chi connectivity index (χ4v) is 2.85. The molecule has 0 heterocycles. The van der Waals surface area contributed by atoms with Crippen molar-refractivity contribution in [3.8, 4) is 11.5 Å². The quantitative estimate of drug-likeness (QED) is 0.512. The predicted octanol–water partition coefficient (Wildman–Crippen LogP) is 3.55.